The van der Waals surface area contributed by atoms with Crippen molar-refractivity contribution in [1.82, 2.24) is 5.43 Å². The fourth-order valence-electron chi connectivity index (χ4n) is 1.77. The Morgan fingerprint density at radius 2 is 2.00 bits per heavy atom. The van der Waals surface area contributed by atoms with Crippen LogP contribution in [0, 0.1) is 0 Å². The highest BCUT2D eigenvalue weighted by molar-refractivity contribution is 9.12. The molecule has 0 spiro atoms. The molecule has 0 saturated carbocycles. The molecule has 3 N–H and O–H groups in total. The van der Waals surface area contributed by atoms with E-state index < -0.39 is 0 Å². The molecule has 0 aliphatic rings. The molecular formula is C12H14Br2N2S2. The van der Waals surface area contributed by atoms with Crippen molar-refractivity contribution in [3.8, 4) is 0 Å². The van der Waals surface area contributed by atoms with Crippen molar-refractivity contribution < 1.29 is 0 Å². The summed E-state index contributed by atoms with van der Waals surface area (Å²) in [5.41, 5.74) is 4.12. The molecule has 2 heterocycles. The van der Waals surface area contributed by atoms with E-state index in [2.05, 4.69) is 62.4 Å². The number of hydrogen-bond acceptors (Lipinski definition) is 4. The Balaban J connectivity index is 2.16. The molecule has 2 aromatic rings. The lowest BCUT2D eigenvalue weighted by Crippen LogP contribution is -2.29. The molecule has 1 unspecified atom stereocenters. The monoisotopic (exact) mass is 408 g/mol. The highest BCUT2D eigenvalue weighted by atomic mass is 79.9. The van der Waals surface area contributed by atoms with Crippen molar-refractivity contribution in [2.75, 3.05) is 0 Å². The van der Waals surface area contributed by atoms with Crippen molar-refractivity contribution >= 4 is 54.5 Å². The third-order valence-corrected chi connectivity index (χ3v) is 6.37. The highest BCUT2D eigenvalue weighted by Gasteiger charge is 2.17. The first kappa shape index (κ1) is 14.7. The minimum atomic E-state index is 0.144. The van der Waals surface area contributed by atoms with Gasteiger partial charge in [0.2, 0.25) is 0 Å². The summed E-state index contributed by atoms with van der Waals surface area (Å²) in [7, 11) is 0. The third-order valence-electron chi connectivity index (χ3n) is 2.73. The minimum absolute atomic E-state index is 0.144. The SMILES string of the molecule is CCc1ccc(CC(NN)c2cc(Br)sc2Br)s1. The van der Waals surface area contributed by atoms with Gasteiger partial charge in [0.1, 0.15) is 0 Å². The number of halogens is 2. The van der Waals surface area contributed by atoms with Crippen molar-refractivity contribution in [3.05, 3.63) is 41.1 Å². The fourth-order valence-corrected chi connectivity index (χ4v) is 5.75. The zero-order chi connectivity index (χ0) is 13.1. The smallest absolute Gasteiger partial charge is 0.0758 e. The van der Waals surface area contributed by atoms with Crippen LogP contribution in [0.25, 0.3) is 0 Å². The van der Waals surface area contributed by atoms with Gasteiger partial charge in [-0.2, -0.15) is 0 Å². The second-order valence-corrected chi connectivity index (χ2v) is 8.93. The molecule has 2 rings (SSSR count). The van der Waals surface area contributed by atoms with Crippen LogP contribution in [0.3, 0.4) is 0 Å². The van der Waals surface area contributed by atoms with Gasteiger partial charge in [0.15, 0.2) is 0 Å². The van der Waals surface area contributed by atoms with Crippen molar-refractivity contribution in [3.63, 3.8) is 0 Å². The van der Waals surface area contributed by atoms with Crippen LogP contribution in [0.2, 0.25) is 0 Å². The molecule has 0 fully saturated rings. The second kappa shape index (κ2) is 6.63. The Morgan fingerprint density at radius 3 is 2.50 bits per heavy atom. The van der Waals surface area contributed by atoms with E-state index in [1.54, 1.807) is 11.3 Å². The van der Waals surface area contributed by atoms with Gasteiger partial charge in [-0.15, -0.1) is 22.7 Å². The van der Waals surface area contributed by atoms with Crippen LogP contribution in [0.4, 0.5) is 0 Å². The Labute approximate surface area is 132 Å². The van der Waals surface area contributed by atoms with Crippen LogP contribution in [-0.2, 0) is 12.8 Å². The molecule has 6 heteroatoms. The van der Waals surface area contributed by atoms with E-state index in [0.717, 1.165) is 20.4 Å². The lowest BCUT2D eigenvalue weighted by molar-refractivity contribution is 0.555. The van der Waals surface area contributed by atoms with Gasteiger partial charge in [-0.1, -0.05) is 6.92 Å². The Morgan fingerprint density at radius 1 is 1.28 bits per heavy atom. The minimum Gasteiger partial charge on any atom is -0.271 e. The van der Waals surface area contributed by atoms with E-state index in [0.29, 0.717) is 0 Å². The lowest BCUT2D eigenvalue weighted by Gasteiger charge is -2.14. The summed E-state index contributed by atoms with van der Waals surface area (Å²) in [6.45, 7) is 2.18. The number of thiophene rings is 2. The molecule has 2 nitrogen and oxygen atoms in total. The van der Waals surface area contributed by atoms with Crippen molar-refractivity contribution in [1.29, 1.82) is 0 Å². The molecule has 0 saturated heterocycles. The van der Waals surface area contributed by atoms with Gasteiger partial charge in [0.25, 0.3) is 0 Å². The first-order valence-electron chi connectivity index (χ1n) is 5.62. The summed E-state index contributed by atoms with van der Waals surface area (Å²) >= 11 is 10.6. The molecule has 0 amide bonds. The van der Waals surface area contributed by atoms with Crippen LogP contribution in [0.15, 0.2) is 25.8 Å². The number of hydrazine groups is 1. The highest BCUT2D eigenvalue weighted by Crippen LogP contribution is 2.37. The second-order valence-electron chi connectivity index (χ2n) is 3.92. The molecular weight excluding hydrogens is 396 g/mol. The largest absolute Gasteiger partial charge is 0.271 e. The van der Waals surface area contributed by atoms with Gasteiger partial charge < -0.3 is 0 Å². The average Bonchev–Trinajstić information content (AvgIpc) is 2.92. The van der Waals surface area contributed by atoms with E-state index in [1.807, 2.05) is 11.3 Å². The van der Waals surface area contributed by atoms with Crippen LogP contribution < -0.4 is 11.3 Å². The summed E-state index contributed by atoms with van der Waals surface area (Å²) in [6, 6.07) is 6.66. The van der Waals surface area contributed by atoms with Crippen LogP contribution in [0.5, 0.6) is 0 Å². The maximum Gasteiger partial charge on any atom is 0.0758 e. The van der Waals surface area contributed by atoms with E-state index in [-0.39, 0.29) is 6.04 Å². The summed E-state index contributed by atoms with van der Waals surface area (Å²) in [5.74, 6) is 5.69. The summed E-state index contributed by atoms with van der Waals surface area (Å²) in [6.07, 6.45) is 2.02. The van der Waals surface area contributed by atoms with E-state index in [4.69, 9.17) is 5.84 Å². The summed E-state index contributed by atoms with van der Waals surface area (Å²) in [5, 5.41) is 0. The number of hydrogen-bond donors (Lipinski definition) is 2. The molecule has 18 heavy (non-hydrogen) atoms. The van der Waals surface area contributed by atoms with Crippen molar-refractivity contribution in [2.45, 2.75) is 25.8 Å². The van der Waals surface area contributed by atoms with Gasteiger partial charge in [0.05, 0.1) is 13.6 Å². The molecule has 0 aliphatic carbocycles. The number of nitrogens with two attached hydrogens (primary N) is 1. The van der Waals surface area contributed by atoms with E-state index in [1.165, 1.54) is 15.3 Å². The zero-order valence-electron chi connectivity index (χ0n) is 9.87. The van der Waals surface area contributed by atoms with Gasteiger partial charge >= 0.3 is 0 Å². The molecule has 0 aliphatic heterocycles. The maximum atomic E-state index is 5.69. The lowest BCUT2D eigenvalue weighted by atomic mass is 10.1. The number of rotatable bonds is 5. The van der Waals surface area contributed by atoms with Crippen LogP contribution in [0.1, 0.15) is 28.3 Å². The molecule has 2 aromatic heterocycles. The Bertz CT molecular complexity index is 522. The quantitative estimate of drug-likeness (QED) is 0.557. The molecule has 0 bridgehead atoms. The third kappa shape index (κ3) is 3.43. The predicted molar refractivity (Wildman–Crippen MR) is 87.2 cm³/mol. The van der Waals surface area contributed by atoms with Gasteiger partial charge in [0, 0.05) is 16.2 Å². The molecule has 0 aromatic carbocycles. The maximum absolute atomic E-state index is 5.69. The normalized spacial score (nSPS) is 12.9. The standard InChI is InChI=1S/C12H14Br2N2S2/c1-2-7-3-4-8(17-7)5-10(16-15)9-6-11(13)18-12(9)14/h3-4,6,10,16H,2,5,15H2,1H3. The van der Waals surface area contributed by atoms with Crippen LogP contribution >= 0.6 is 54.5 Å². The first-order valence-corrected chi connectivity index (χ1v) is 8.84. The number of aryl methyl sites for hydroxylation is 1. The molecule has 1 atom stereocenters. The topological polar surface area (TPSA) is 38.0 Å². The first-order chi connectivity index (χ1) is 8.63. The van der Waals surface area contributed by atoms with Crippen molar-refractivity contribution in [2.24, 2.45) is 5.84 Å². The molecule has 0 radical (unpaired) electrons. The van der Waals surface area contributed by atoms with Crippen LogP contribution in [-0.4, -0.2) is 0 Å². The van der Waals surface area contributed by atoms with Gasteiger partial charge in [-0.3, -0.25) is 11.3 Å². The summed E-state index contributed by atoms with van der Waals surface area (Å²) < 4.78 is 2.25. The van der Waals surface area contributed by atoms with Gasteiger partial charge in [-0.25, -0.2) is 0 Å². The number of nitrogens with one attached hydrogen (secondary N) is 1. The summed E-state index contributed by atoms with van der Waals surface area (Å²) in [4.78, 5) is 2.79. The average molecular weight is 410 g/mol. The van der Waals surface area contributed by atoms with E-state index >= 15 is 0 Å². The van der Waals surface area contributed by atoms with E-state index in [9.17, 15) is 0 Å². The Kier molecular flexibility index (Phi) is 5.41. The Hall–Kier alpha value is 0.280. The predicted octanol–water partition coefficient (Wildman–Crippen LogP) is 4.64. The fraction of sp³-hybridized carbons (Fsp3) is 0.333. The van der Waals surface area contributed by atoms with Gasteiger partial charge in [-0.05, 0) is 62.0 Å². The molecule has 98 valence electrons. The zero-order valence-corrected chi connectivity index (χ0v) is 14.7.